The van der Waals surface area contributed by atoms with Crippen LogP contribution in [0.4, 0.5) is 32.9 Å². The van der Waals surface area contributed by atoms with E-state index in [1.54, 1.807) is 18.5 Å². The highest BCUT2D eigenvalue weighted by Crippen LogP contribution is 2.36. The third-order valence-corrected chi connectivity index (χ3v) is 16.3. The average Bonchev–Trinajstić information content (AvgIpc) is 1.75. The molecule has 7 N–H and O–H groups in total. The molecule has 2 saturated carbocycles. The molecule has 2 fully saturated rings. The lowest BCUT2D eigenvalue weighted by Gasteiger charge is -2.38. The highest BCUT2D eigenvalue weighted by atomic mass is 79.9. The van der Waals surface area contributed by atoms with Gasteiger partial charge in [0.1, 0.15) is 11.2 Å². The molecule has 8 aromatic rings. The number of halogens is 4. The Morgan fingerprint density at radius 2 is 1.10 bits per heavy atom. The van der Waals surface area contributed by atoms with Crippen molar-refractivity contribution in [1.82, 2.24) is 44.6 Å². The van der Waals surface area contributed by atoms with Gasteiger partial charge in [0.15, 0.2) is 0 Å². The minimum absolute atomic E-state index is 0.00374. The molecule has 2 aliphatic carbocycles. The Bertz CT molecular complexity index is 3870. The molecule has 93 heavy (non-hydrogen) atoms. The van der Waals surface area contributed by atoms with E-state index in [-0.39, 0.29) is 42.3 Å². The number of anilines is 4. The molecular formula is C70H83BrCl3N13O6. The summed E-state index contributed by atoms with van der Waals surface area (Å²) in [5, 5.41) is 13.2. The lowest BCUT2D eigenvalue weighted by Crippen LogP contribution is -2.46. The smallest absolute Gasteiger partial charge is 0.410 e. The van der Waals surface area contributed by atoms with Crippen LogP contribution < -0.4 is 21.7 Å². The number of ether oxygens (including phenoxy) is 2. The number of aromatic amines is 2. The highest BCUT2D eigenvalue weighted by molar-refractivity contribution is 9.09. The lowest BCUT2D eigenvalue weighted by molar-refractivity contribution is -0.112. The molecule has 2 aliphatic rings. The average molecular weight is 1390 g/mol. The second kappa shape index (κ2) is 33.2. The fourth-order valence-corrected chi connectivity index (χ4v) is 11.7. The van der Waals surface area contributed by atoms with Gasteiger partial charge in [-0.05, 0) is 172 Å². The van der Waals surface area contributed by atoms with Gasteiger partial charge < -0.3 is 55.8 Å². The van der Waals surface area contributed by atoms with Gasteiger partial charge in [0, 0.05) is 112 Å². The number of nitrogens with zero attached hydrogens (tertiary/aromatic N) is 7. The maximum Gasteiger partial charge on any atom is 0.410 e. The minimum atomic E-state index is -0.633. The van der Waals surface area contributed by atoms with E-state index in [2.05, 4.69) is 51.8 Å². The van der Waals surface area contributed by atoms with Crippen molar-refractivity contribution in [1.29, 1.82) is 0 Å². The molecule has 3 amide bonds. The van der Waals surface area contributed by atoms with E-state index in [9.17, 15) is 19.2 Å². The van der Waals surface area contributed by atoms with E-state index in [1.807, 2.05) is 186 Å². The van der Waals surface area contributed by atoms with E-state index >= 15 is 0 Å². The molecule has 4 aromatic heterocycles. The largest absolute Gasteiger partial charge is 0.444 e. The quantitative estimate of drug-likeness (QED) is 0.0203. The van der Waals surface area contributed by atoms with Gasteiger partial charge in [-0.3, -0.25) is 9.59 Å². The van der Waals surface area contributed by atoms with E-state index in [1.165, 1.54) is 12.2 Å². The number of alkyl halides is 1. The van der Waals surface area contributed by atoms with E-state index < -0.39 is 16.4 Å². The first-order valence-electron chi connectivity index (χ1n) is 31.1. The highest BCUT2D eigenvalue weighted by Gasteiger charge is 2.35. The normalized spacial score (nSPS) is 16.7. The van der Waals surface area contributed by atoms with Gasteiger partial charge in [0.25, 0.3) is 0 Å². The zero-order chi connectivity index (χ0) is 66.8. The lowest BCUT2D eigenvalue weighted by atomic mass is 9.90. The van der Waals surface area contributed by atoms with Gasteiger partial charge in [-0.25, -0.2) is 29.5 Å². The fraction of sp³-hybridized carbons (Fsp3) is 0.371. The summed E-state index contributed by atoms with van der Waals surface area (Å²) < 4.78 is 11.7. The third kappa shape index (κ3) is 21.5. The number of nitrogens with two attached hydrogens (primary N) is 1. The summed E-state index contributed by atoms with van der Waals surface area (Å²) in [7, 11) is 3.89. The molecule has 10 rings (SSSR count). The predicted molar refractivity (Wildman–Crippen MR) is 379 cm³/mol. The molecule has 4 atom stereocenters. The van der Waals surface area contributed by atoms with Gasteiger partial charge >= 0.3 is 12.2 Å². The van der Waals surface area contributed by atoms with Crippen molar-refractivity contribution in [2.45, 2.75) is 141 Å². The van der Waals surface area contributed by atoms with Crippen LogP contribution in [0.25, 0.3) is 44.3 Å². The number of hydrogen-bond acceptors (Lipinski definition) is 14. The number of allylic oxidation sites excluding steroid dienone is 2. The van der Waals surface area contributed by atoms with Crippen LogP contribution in [-0.4, -0.2) is 129 Å². The van der Waals surface area contributed by atoms with Crippen LogP contribution in [0.15, 0.2) is 146 Å². The number of carbonyl (C=O) groups excluding carboxylic acids is 4. The number of fused-ring (bicyclic) bond motifs is 2. The standard InChI is InChI=1S/C36H44ClN7O3.C30H35ClN6O2.C4H4BrClO/c1-36(2,3)47-35(46)44(23-24-15-17-25(18-16-24)40-32(45)14-9-19-43(4)5)27-11-8-10-26(20-27)41-34-39-22-30(37)33(42-34)29-21-38-31-13-7-6-12-28(29)31;1-30(2,3)39-29(38)37(18-19-11-13-20(32)14-12-19)22-8-6-7-21(15-22)35-28-34-17-25(31)27(36-28)24-16-33-26-10-5-4-9-23(24)26;5-3-1-2-4(6)7/h6-7,9,12-18,21-22,26-27,38H,8,10-11,19-20,23H2,1-5H3,(H,40,45)(H,39,41,42);4-5,9-14,16-17,21-22,33H,6-8,15,18,32H2,1-3H3,(H,34,35,36);1-2H,3H2/b14-9+;;2-1+/t26-,27+;21-,22+;/m11./s1. The SMILES string of the molecule is CC(C)(C)OC(=O)N(Cc1ccc(N)cc1)[C@H]1CCC[C@@H](Nc2ncc(Cl)c(-c3c[nH]c4ccccc34)n2)C1.CN(C)C/C=C/C(=O)Nc1ccc(CN(C(=O)OC(C)(C)C)[C@H]2CCC[C@@H](Nc3ncc(Cl)c(-c4c[nH]c5ccccc45)n3)C2)cc1.O=C(Cl)/C=C/CBr. The molecule has 492 valence electrons. The Kier molecular flexibility index (Phi) is 25.3. The number of carbonyl (C=O) groups is 4. The monoisotopic (exact) mass is 1390 g/mol. The van der Waals surface area contributed by atoms with E-state index in [0.717, 1.165) is 89.0 Å². The molecule has 23 heteroatoms. The molecule has 0 saturated heterocycles. The molecule has 0 radical (unpaired) electrons. The Morgan fingerprint density at radius 3 is 1.52 bits per heavy atom. The number of aromatic nitrogens is 6. The van der Waals surface area contributed by atoms with Gasteiger partial charge in [-0.2, -0.15) is 0 Å². The Hall–Kier alpha value is -8.01. The van der Waals surface area contributed by atoms with Crippen molar-refractivity contribution >= 4 is 119 Å². The second-order valence-electron chi connectivity index (χ2n) is 25.3. The molecule has 4 heterocycles. The zero-order valence-electron chi connectivity index (χ0n) is 53.8. The van der Waals surface area contributed by atoms with Gasteiger partial charge in [-0.15, -0.1) is 0 Å². The number of H-pyrrole nitrogens is 2. The minimum Gasteiger partial charge on any atom is -0.444 e. The third-order valence-electron chi connectivity index (χ3n) is 15.3. The number of amides is 3. The summed E-state index contributed by atoms with van der Waals surface area (Å²) >= 11 is 21.1. The number of likely N-dealkylation sites (N-methyl/N-ethyl adjacent to an activating group) is 1. The fourth-order valence-electron chi connectivity index (χ4n) is 11.0. The second-order valence-corrected chi connectivity index (χ2v) is 27.1. The Balaban J connectivity index is 0.000000219. The number of nitrogens with one attached hydrogen (secondary N) is 5. The molecular weight excluding hydrogens is 1310 g/mol. The summed E-state index contributed by atoms with van der Waals surface area (Å²) in [6, 6.07) is 31.4. The van der Waals surface area contributed by atoms with Gasteiger partial charge in [0.05, 0.1) is 33.8 Å². The van der Waals surface area contributed by atoms with Crippen LogP contribution >= 0.6 is 50.7 Å². The van der Waals surface area contributed by atoms with Gasteiger partial charge in [0.2, 0.25) is 23.0 Å². The summed E-state index contributed by atoms with van der Waals surface area (Å²) in [5.74, 6) is 0.833. The number of para-hydroxylation sites is 2. The van der Waals surface area contributed by atoms with Crippen LogP contribution in [-0.2, 0) is 32.2 Å². The first kappa shape index (κ1) is 70.9. The Labute approximate surface area is 567 Å². The number of nitrogen functional groups attached to an aromatic ring is 1. The maximum atomic E-state index is 13.6. The van der Waals surface area contributed by atoms with Crippen molar-refractivity contribution in [2.75, 3.05) is 47.7 Å². The molecule has 0 bridgehead atoms. The van der Waals surface area contributed by atoms with E-state index in [4.69, 9.17) is 60.0 Å². The Morgan fingerprint density at radius 1 is 0.645 bits per heavy atom. The van der Waals surface area contributed by atoms with Crippen LogP contribution in [0.5, 0.6) is 0 Å². The van der Waals surface area contributed by atoms with Crippen molar-refractivity contribution in [2.24, 2.45) is 0 Å². The summed E-state index contributed by atoms with van der Waals surface area (Å²) in [6.07, 6.45) is 19.7. The number of rotatable bonds is 18. The first-order chi connectivity index (χ1) is 44.4. The zero-order valence-corrected chi connectivity index (χ0v) is 57.7. The number of hydrogen-bond donors (Lipinski definition) is 6. The first-order valence-corrected chi connectivity index (χ1v) is 33.3. The van der Waals surface area contributed by atoms with Crippen molar-refractivity contribution in [3.8, 4) is 22.5 Å². The molecule has 19 nitrogen and oxygen atoms in total. The van der Waals surface area contributed by atoms with Crippen LogP contribution in [0.2, 0.25) is 10.0 Å². The maximum absolute atomic E-state index is 13.6. The van der Waals surface area contributed by atoms with Crippen LogP contribution in [0, 0.1) is 0 Å². The molecule has 0 aliphatic heterocycles. The number of benzene rings is 4. The molecule has 0 spiro atoms. The molecule has 0 unspecified atom stereocenters. The summed E-state index contributed by atoms with van der Waals surface area (Å²) in [6.45, 7) is 12.8. The van der Waals surface area contributed by atoms with Crippen molar-refractivity contribution in [3.63, 3.8) is 0 Å². The summed E-state index contributed by atoms with van der Waals surface area (Å²) in [5.41, 5.74) is 13.2. The van der Waals surface area contributed by atoms with Crippen molar-refractivity contribution < 1.29 is 28.7 Å². The summed E-state index contributed by atoms with van der Waals surface area (Å²) in [4.78, 5) is 79.9. The van der Waals surface area contributed by atoms with Gasteiger partial charge in [-0.1, -0.05) is 112 Å². The van der Waals surface area contributed by atoms with Crippen LogP contribution in [0.1, 0.15) is 104 Å². The topological polar surface area (TPSA) is 242 Å². The predicted octanol–water partition coefficient (Wildman–Crippen LogP) is 16.2. The molecule has 4 aromatic carbocycles. The van der Waals surface area contributed by atoms with E-state index in [0.29, 0.717) is 76.1 Å². The van der Waals surface area contributed by atoms with Crippen molar-refractivity contribution in [3.05, 3.63) is 167 Å². The van der Waals surface area contributed by atoms with Crippen LogP contribution in [0.3, 0.4) is 0 Å².